The van der Waals surface area contributed by atoms with E-state index in [0.29, 0.717) is 17.6 Å². The molecule has 1 fully saturated rings. The van der Waals surface area contributed by atoms with E-state index in [1.807, 2.05) is 13.8 Å². The van der Waals surface area contributed by atoms with Crippen LogP contribution in [-0.4, -0.2) is 36.2 Å². The second kappa shape index (κ2) is 9.88. The molecule has 0 amide bonds. The number of nitrogens with one attached hydrogen (secondary N) is 1. The Labute approximate surface area is 174 Å². The van der Waals surface area contributed by atoms with Gasteiger partial charge in [-0.25, -0.2) is 9.78 Å². The molecule has 0 saturated carbocycles. The molecule has 3 rings (SSSR count). The summed E-state index contributed by atoms with van der Waals surface area (Å²) in [6, 6.07) is 13.2. The molecule has 1 N–H and O–H groups in total. The monoisotopic (exact) mass is 395 g/mol. The number of anilines is 1. The van der Waals surface area contributed by atoms with Gasteiger partial charge in [-0.05, 0) is 56.4 Å². The molecule has 1 saturated heterocycles. The Hall–Kier alpha value is -2.40. The van der Waals surface area contributed by atoms with Crippen LogP contribution in [0.5, 0.6) is 0 Å². The lowest BCUT2D eigenvalue weighted by Crippen LogP contribution is -2.35. The van der Waals surface area contributed by atoms with Gasteiger partial charge in [-0.1, -0.05) is 38.1 Å². The zero-order valence-corrected chi connectivity index (χ0v) is 18.0. The van der Waals surface area contributed by atoms with Crippen LogP contribution in [0.15, 0.2) is 42.6 Å². The van der Waals surface area contributed by atoms with Gasteiger partial charge < -0.3 is 15.0 Å². The molecule has 1 aromatic heterocycles. The number of aryl methyl sites for hydroxylation is 1. The van der Waals surface area contributed by atoms with Crippen LogP contribution in [-0.2, 0) is 11.2 Å². The lowest BCUT2D eigenvalue weighted by Gasteiger charge is -2.24. The van der Waals surface area contributed by atoms with E-state index in [1.165, 1.54) is 11.1 Å². The van der Waals surface area contributed by atoms with Gasteiger partial charge in [0.25, 0.3) is 0 Å². The summed E-state index contributed by atoms with van der Waals surface area (Å²) in [6.45, 7) is 9.84. The number of carbonyl (C=O) groups excluding carboxylic acids is 1. The molecule has 5 heteroatoms. The molecule has 1 aromatic carbocycles. The number of hydrogen-bond acceptors (Lipinski definition) is 5. The van der Waals surface area contributed by atoms with Crippen LogP contribution < -0.4 is 10.2 Å². The molecule has 1 aliphatic rings. The Morgan fingerprint density at radius 2 is 2.00 bits per heavy atom. The average molecular weight is 396 g/mol. The summed E-state index contributed by atoms with van der Waals surface area (Å²) in [5.41, 5.74) is 3.25. The van der Waals surface area contributed by atoms with Crippen molar-refractivity contribution in [3.63, 3.8) is 0 Å². The lowest BCUT2D eigenvalue weighted by atomic mass is 10.0. The van der Waals surface area contributed by atoms with Crippen molar-refractivity contribution >= 4 is 11.8 Å². The van der Waals surface area contributed by atoms with Crippen molar-refractivity contribution in [1.82, 2.24) is 10.3 Å². The van der Waals surface area contributed by atoms with Gasteiger partial charge in [0, 0.05) is 31.4 Å². The molecule has 156 valence electrons. The molecule has 2 aromatic rings. The summed E-state index contributed by atoms with van der Waals surface area (Å²) in [6.07, 6.45) is 4.73. The van der Waals surface area contributed by atoms with Gasteiger partial charge in [0.2, 0.25) is 0 Å². The van der Waals surface area contributed by atoms with E-state index >= 15 is 0 Å². The molecule has 0 radical (unpaired) electrons. The fourth-order valence-corrected chi connectivity index (χ4v) is 3.89. The van der Waals surface area contributed by atoms with E-state index in [2.05, 4.69) is 53.3 Å². The highest BCUT2D eigenvalue weighted by Gasteiger charge is 2.28. The minimum Gasteiger partial charge on any atom is -0.459 e. The molecular weight excluding hydrogens is 362 g/mol. The Balaban J connectivity index is 1.67. The molecule has 0 bridgehead atoms. The van der Waals surface area contributed by atoms with Crippen molar-refractivity contribution in [1.29, 1.82) is 0 Å². The standard InChI is InChI=1S/C24H33N3O2/c1-5-18-9-11-19(12-10-18)22(6-2)26-20-13-15-27(16-20)23-21(8-7-14-25-23)24(28)29-17(3)4/h7-12,14,17,20,22,26H,5-6,13,15-16H2,1-4H3/t20-,22?/m0/s1. The van der Waals surface area contributed by atoms with E-state index in [0.717, 1.165) is 38.2 Å². The number of nitrogens with zero attached hydrogens (tertiary/aromatic N) is 2. The molecule has 1 aliphatic heterocycles. The Kier molecular flexibility index (Phi) is 7.26. The van der Waals surface area contributed by atoms with Gasteiger partial charge in [-0.3, -0.25) is 0 Å². The van der Waals surface area contributed by atoms with Gasteiger partial charge >= 0.3 is 5.97 Å². The normalized spacial score (nSPS) is 17.6. The van der Waals surface area contributed by atoms with Crippen LogP contribution in [0.2, 0.25) is 0 Å². The van der Waals surface area contributed by atoms with Crippen molar-refractivity contribution in [2.75, 3.05) is 18.0 Å². The summed E-state index contributed by atoms with van der Waals surface area (Å²) in [7, 11) is 0. The molecule has 1 unspecified atom stereocenters. The second-order valence-corrected chi connectivity index (χ2v) is 7.98. The third kappa shape index (κ3) is 5.36. The molecule has 5 nitrogen and oxygen atoms in total. The fourth-order valence-electron chi connectivity index (χ4n) is 3.89. The van der Waals surface area contributed by atoms with Crippen molar-refractivity contribution in [3.8, 4) is 0 Å². The zero-order chi connectivity index (χ0) is 20.8. The third-order valence-corrected chi connectivity index (χ3v) is 5.47. The van der Waals surface area contributed by atoms with Crippen LogP contribution in [0.1, 0.15) is 68.1 Å². The maximum atomic E-state index is 12.5. The number of benzene rings is 1. The first kappa shape index (κ1) is 21.3. The first-order valence-corrected chi connectivity index (χ1v) is 10.8. The van der Waals surface area contributed by atoms with E-state index < -0.39 is 0 Å². The molecule has 2 atom stereocenters. The van der Waals surface area contributed by atoms with E-state index in [9.17, 15) is 4.79 Å². The predicted molar refractivity (Wildman–Crippen MR) is 117 cm³/mol. The summed E-state index contributed by atoms with van der Waals surface area (Å²) >= 11 is 0. The highest BCUT2D eigenvalue weighted by molar-refractivity contribution is 5.94. The number of rotatable bonds is 8. The molecule has 2 heterocycles. The number of pyridine rings is 1. The van der Waals surface area contributed by atoms with Crippen LogP contribution in [0.25, 0.3) is 0 Å². The highest BCUT2D eigenvalue weighted by Crippen LogP contribution is 2.26. The lowest BCUT2D eigenvalue weighted by molar-refractivity contribution is 0.0378. The molecule has 29 heavy (non-hydrogen) atoms. The SMILES string of the molecule is CCc1ccc(C(CC)N[C@H]2CCN(c3ncccc3C(=O)OC(C)C)C2)cc1. The van der Waals surface area contributed by atoms with Crippen LogP contribution in [0.4, 0.5) is 5.82 Å². The van der Waals surface area contributed by atoms with Crippen LogP contribution in [0, 0.1) is 0 Å². The molecule has 0 spiro atoms. The van der Waals surface area contributed by atoms with Gasteiger partial charge in [-0.2, -0.15) is 0 Å². The van der Waals surface area contributed by atoms with Crippen LogP contribution in [0.3, 0.4) is 0 Å². The fraction of sp³-hybridized carbons (Fsp3) is 0.500. The van der Waals surface area contributed by atoms with Gasteiger partial charge in [0.15, 0.2) is 0 Å². The number of ether oxygens (including phenoxy) is 1. The quantitative estimate of drug-likeness (QED) is 0.666. The highest BCUT2D eigenvalue weighted by atomic mass is 16.5. The van der Waals surface area contributed by atoms with E-state index in [1.54, 1.807) is 18.3 Å². The minimum absolute atomic E-state index is 0.145. The largest absolute Gasteiger partial charge is 0.459 e. The molecule has 0 aliphatic carbocycles. The maximum absolute atomic E-state index is 12.5. The van der Waals surface area contributed by atoms with Gasteiger partial charge in [0.1, 0.15) is 11.4 Å². The smallest absolute Gasteiger partial charge is 0.342 e. The topological polar surface area (TPSA) is 54.5 Å². The molecular formula is C24H33N3O2. The van der Waals surface area contributed by atoms with E-state index in [-0.39, 0.29) is 12.1 Å². The van der Waals surface area contributed by atoms with Crippen molar-refractivity contribution in [2.24, 2.45) is 0 Å². The van der Waals surface area contributed by atoms with Crippen molar-refractivity contribution < 1.29 is 9.53 Å². The van der Waals surface area contributed by atoms with Gasteiger partial charge in [-0.15, -0.1) is 0 Å². The maximum Gasteiger partial charge on any atom is 0.342 e. The average Bonchev–Trinajstić information content (AvgIpc) is 3.20. The summed E-state index contributed by atoms with van der Waals surface area (Å²) in [4.78, 5) is 19.2. The summed E-state index contributed by atoms with van der Waals surface area (Å²) in [5, 5.41) is 3.81. The summed E-state index contributed by atoms with van der Waals surface area (Å²) in [5.74, 6) is 0.421. The number of hydrogen-bond donors (Lipinski definition) is 1. The van der Waals surface area contributed by atoms with E-state index in [4.69, 9.17) is 4.74 Å². The van der Waals surface area contributed by atoms with Crippen molar-refractivity contribution in [3.05, 3.63) is 59.3 Å². The predicted octanol–water partition coefficient (Wildman–Crippen LogP) is 4.53. The van der Waals surface area contributed by atoms with Crippen molar-refractivity contribution in [2.45, 2.75) is 65.1 Å². The first-order chi connectivity index (χ1) is 14.0. The number of esters is 1. The Morgan fingerprint density at radius 3 is 2.66 bits per heavy atom. The van der Waals surface area contributed by atoms with Crippen LogP contribution >= 0.6 is 0 Å². The van der Waals surface area contributed by atoms with Gasteiger partial charge in [0.05, 0.1) is 6.10 Å². The number of aromatic nitrogens is 1. The zero-order valence-electron chi connectivity index (χ0n) is 18.0. The Bertz CT molecular complexity index is 804. The Morgan fingerprint density at radius 1 is 1.24 bits per heavy atom. The summed E-state index contributed by atoms with van der Waals surface area (Å²) < 4.78 is 5.40. The third-order valence-electron chi connectivity index (χ3n) is 5.47. The first-order valence-electron chi connectivity index (χ1n) is 10.8. The number of carbonyl (C=O) groups is 1. The minimum atomic E-state index is -0.304. The second-order valence-electron chi connectivity index (χ2n) is 7.98.